The zero-order chi connectivity index (χ0) is 18.3. The Balaban J connectivity index is 1.71. The van der Waals surface area contributed by atoms with Crippen molar-refractivity contribution in [2.45, 2.75) is 32.6 Å². The number of rotatable bonds is 4. The monoisotopic (exact) mass is 354 g/mol. The quantitative estimate of drug-likeness (QED) is 0.841. The van der Waals surface area contributed by atoms with Gasteiger partial charge < -0.3 is 9.47 Å². The fourth-order valence-electron chi connectivity index (χ4n) is 4.45. The van der Waals surface area contributed by atoms with Crippen molar-refractivity contribution in [1.29, 1.82) is 0 Å². The summed E-state index contributed by atoms with van der Waals surface area (Å²) in [5.74, 6) is 1.65. The van der Waals surface area contributed by atoms with Crippen molar-refractivity contribution in [1.82, 2.24) is 9.78 Å². The van der Waals surface area contributed by atoms with Crippen molar-refractivity contribution in [3.05, 3.63) is 35.2 Å². The highest BCUT2D eigenvalue weighted by molar-refractivity contribution is 6.27. The van der Waals surface area contributed by atoms with E-state index >= 15 is 0 Å². The third-order valence-electron chi connectivity index (χ3n) is 5.92. The molecule has 4 rings (SSSR count). The normalized spacial score (nSPS) is 21.8. The number of hydrogen-bond donors (Lipinski definition) is 0. The molecule has 1 aliphatic heterocycles. The number of allylic oxidation sites excluding steroid dienone is 2. The lowest BCUT2D eigenvalue weighted by Gasteiger charge is -2.24. The van der Waals surface area contributed by atoms with E-state index in [4.69, 9.17) is 9.47 Å². The molecule has 1 atom stereocenters. The maximum atomic E-state index is 13.4. The minimum atomic E-state index is 0.0226. The molecular weight excluding hydrogens is 328 g/mol. The van der Waals surface area contributed by atoms with Crippen LogP contribution in [-0.2, 0) is 21.3 Å². The number of nitrogens with zero attached hydrogens (tertiary/aromatic N) is 2. The van der Waals surface area contributed by atoms with Crippen LogP contribution in [0.25, 0.3) is 16.5 Å². The molecule has 1 aliphatic carbocycles. The Bertz CT molecular complexity index is 875. The zero-order valence-corrected chi connectivity index (χ0v) is 15.7. The van der Waals surface area contributed by atoms with Gasteiger partial charge in [0.25, 0.3) is 0 Å². The Morgan fingerprint density at radius 3 is 2.81 bits per heavy atom. The first-order valence-electron chi connectivity index (χ1n) is 9.41. The van der Waals surface area contributed by atoms with Crippen LogP contribution in [0.15, 0.2) is 24.1 Å². The molecule has 0 radical (unpaired) electrons. The first-order chi connectivity index (χ1) is 12.6. The molecule has 2 aromatic rings. The molecule has 1 fully saturated rings. The van der Waals surface area contributed by atoms with Crippen LogP contribution in [0.3, 0.4) is 0 Å². The molecule has 1 aromatic carbocycles. The number of benzene rings is 1. The van der Waals surface area contributed by atoms with Gasteiger partial charge in [0.2, 0.25) is 0 Å². The van der Waals surface area contributed by atoms with Gasteiger partial charge in [-0.2, -0.15) is 5.10 Å². The second-order valence-electron chi connectivity index (χ2n) is 7.52. The van der Waals surface area contributed by atoms with E-state index in [2.05, 4.69) is 24.2 Å². The van der Waals surface area contributed by atoms with Gasteiger partial charge in [-0.1, -0.05) is 6.07 Å². The second kappa shape index (κ2) is 6.88. The number of fused-ring (bicyclic) bond motifs is 1. The lowest BCUT2D eigenvalue weighted by atomic mass is 9.85. The predicted octanol–water partition coefficient (Wildman–Crippen LogP) is 3.64. The zero-order valence-electron chi connectivity index (χ0n) is 15.7. The number of aromatic nitrogens is 2. The fraction of sp³-hybridized carbons (Fsp3) is 0.524. The van der Waals surface area contributed by atoms with Gasteiger partial charge in [0, 0.05) is 43.5 Å². The van der Waals surface area contributed by atoms with Crippen LogP contribution >= 0.6 is 0 Å². The molecule has 1 unspecified atom stereocenters. The van der Waals surface area contributed by atoms with Crippen LogP contribution in [0.2, 0.25) is 0 Å². The van der Waals surface area contributed by atoms with E-state index in [0.29, 0.717) is 12.3 Å². The summed E-state index contributed by atoms with van der Waals surface area (Å²) in [6, 6.07) is 4.13. The Morgan fingerprint density at radius 1 is 1.31 bits per heavy atom. The second-order valence-corrected chi connectivity index (χ2v) is 7.52. The van der Waals surface area contributed by atoms with E-state index in [1.165, 1.54) is 0 Å². The van der Waals surface area contributed by atoms with Gasteiger partial charge in [-0.15, -0.1) is 0 Å². The molecule has 1 aromatic heterocycles. The van der Waals surface area contributed by atoms with Crippen LogP contribution in [0.4, 0.5) is 0 Å². The molecule has 5 nitrogen and oxygen atoms in total. The van der Waals surface area contributed by atoms with Crippen LogP contribution in [0.1, 0.15) is 36.8 Å². The highest BCUT2D eigenvalue weighted by Crippen LogP contribution is 2.42. The summed E-state index contributed by atoms with van der Waals surface area (Å²) in [6.07, 6.45) is 5.60. The van der Waals surface area contributed by atoms with E-state index in [1.807, 2.05) is 17.9 Å². The Morgan fingerprint density at radius 2 is 2.08 bits per heavy atom. The highest BCUT2D eigenvalue weighted by Gasteiger charge is 2.37. The third-order valence-corrected chi connectivity index (χ3v) is 5.92. The Labute approximate surface area is 154 Å². The number of carbonyl (C=O) groups is 1. The number of aryl methyl sites for hydroxylation is 2. The number of methoxy groups -OCH3 is 1. The summed E-state index contributed by atoms with van der Waals surface area (Å²) in [7, 11) is 3.61. The van der Waals surface area contributed by atoms with Crippen molar-refractivity contribution in [3.63, 3.8) is 0 Å². The van der Waals surface area contributed by atoms with Gasteiger partial charge >= 0.3 is 0 Å². The average molecular weight is 354 g/mol. The molecule has 2 aliphatic rings. The van der Waals surface area contributed by atoms with E-state index in [0.717, 1.165) is 65.8 Å². The SMILES string of the molecule is COC1=C(c2c(C)ccc3c2cnn3C)C(=O)C(CC2CCOCC2)C1. The van der Waals surface area contributed by atoms with Gasteiger partial charge in [0.1, 0.15) is 5.76 Å². The van der Waals surface area contributed by atoms with E-state index < -0.39 is 0 Å². The largest absolute Gasteiger partial charge is 0.500 e. The number of Topliss-reactive ketones (excluding diaryl/α,β-unsaturated/α-hetero) is 1. The van der Waals surface area contributed by atoms with E-state index in [1.54, 1.807) is 7.11 Å². The first kappa shape index (κ1) is 17.3. The summed E-state index contributed by atoms with van der Waals surface area (Å²) < 4.78 is 13.0. The van der Waals surface area contributed by atoms with Gasteiger partial charge in [0.05, 0.1) is 24.4 Å². The van der Waals surface area contributed by atoms with Crippen LogP contribution < -0.4 is 0 Å². The third kappa shape index (κ3) is 2.84. The van der Waals surface area contributed by atoms with Crippen LogP contribution in [-0.4, -0.2) is 35.9 Å². The van der Waals surface area contributed by atoms with Crippen LogP contribution in [0, 0.1) is 18.8 Å². The predicted molar refractivity (Wildman–Crippen MR) is 101 cm³/mol. The lowest BCUT2D eigenvalue weighted by molar-refractivity contribution is -0.117. The molecule has 0 spiro atoms. The molecule has 26 heavy (non-hydrogen) atoms. The first-order valence-corrected chi connectivity index (χ1v) is 9.41. The smallest absolute Gasteiger partial charge is 0.170 e. The molecule has 0 N–H and O–H groups in total. The van der Waals surface area contributed by atoms with Crippen LogP contribution in [0.5, 0.6) is 0 Å². The maximum absolute atomic E-state index is 13.4. The topological polar surface area (TPSA) is 53.4 Å². The van der Waals surface area contributed by atoms with E-state index in [-0.39, 0.29) is 11.7 Å². The summed E-state index contributed by atoms with van der Waals surface area (Å²) in [5.41, 5.74) is 3.89. The van der Waals surface area contributed by atoms with E-state index in [9.17, 15) is 4.79 Å². The number of ketones is 1. The molecule has 0 amide bonds. The highest BCUT2D eigenvalue weighted by atomic mass is 16.5. The van der Waals surface area contributed by atoms with Gasteiger partial charge in [-0.3, -0.25) is 9.48 Å². The molecule has 138 valence electrons. The van der Waals surface area contributed by atoms with Crippen molar-refractivity contribution in [2.75, 3.05) is 20.3 Å². The molecule has 1 saturated heterocycles. The summed E-state index contributed by atoms with van der Waals surface area (Å²) in [5, 5.41) is 5.41. The molecule has 0 bridgehead atoms. The van der Waals surface area contributed by atoms with Crippen molar-refractivity contribution < 1.29 is 14.3 Å². The fourth-order valence-corrected chi connectivity index (χ4v) is 4.45. The van der Waals surface area contributed by atoms with Gasteiger partial charge in [-0.25, -0.2) is 0 Å². The van der Waals surface area contributed by atoms with Crippen molar-refractivity contribution in [3.8, 4) is 0 Å². The standard InChI is InChI=1S/C21H26N2O3/c1-13-4-5-17-16(12-22-23(17)2)19(13)20-18(25-3)11-15(21(20)24)10-14-6-8-26-9-7-14/h4-5,12,14-15H,6-11H2,1-3H3. The molecule has 0 saturated carbocycles. The molecule has 2 heterocycles. The van der Waals surface area contributed by atoms with Crippen molar-refractivity contribution >= 4 is 22.3 Å². The minimum absolute atomic E-state index is 0.0226. The maximum Gasteiger partial charge on any atom is 0.170 e. The van der Waals surface area contributed by atoms with Gasteiger partial charge in [-0.05, 0) is 43.7 Å². The Kier molecular flexibility index (Phi) is 4.57. The summed E-state index contributed by atoms with van der Waals surface area (Å²) in [6.45, 7) is 3.69. The summed E-state index contributed by atoms with van der Waals surface area (Å²) >= 11 is 0. The summed E-state index contributed by atoms with van der Waals surface area (Å²) in [4.78, 5) is 13.4. The number of ether oxygens (including phenoxy) is 2. The average Bonchev–Trinajstić information content (AvgIpc) is 3.17. The number of hydrogen-bond acceptors (Lipinski definition) is 4. The number of carbonyl (C=O) groups excluding carboxylic acids is 1. The molecular formula is C21H26N2O3. The van der Waals surface area contributed by atoms with Crippen molar-refractivity contribution in [2.24, 2.45) is 18.9 Å². The lowest BCUT2D eigenvalue weighted by Crippen LogP contribution is -2.21. The Hall–Kier alpha value is -2.14. The van der Waals surface area contributed by atoms with Gasteiger partial charge in [0.15, 0.2) is 5.78 Å². The minimum Gasteiger partial charge on any atom is -0.500 e. The molecule has 5 heteroatoms.